The molecule has 0 spiro atoms. The number of hydrogen-bond acceptors (Lipinski definition) is 6. The van der Waals surface area contributed by atoms with Crippen LogP contribution in [0, 0.1) is 5.92 Å². The molecular weight excluding hydrogens is 304 g/mol. The Morgan fingerprint density at radius 3 is 3.08 bits per heavy atom. The summed E-state index contributed by atoms with van der Waals surface area (Å²) in [5.41, 5.74) is 1.25. The van der Waals surface area contributed by atoms with Crippen LogP contribution < -0.4 is 15.5 Å². The molecule has 1 unspecified atom stereocenters. The van der Waals surface area contributed by atoms with Gasteiger partial charge in [-0.3, -0.25) is 0 Å². The second-order valence-corrected chi connectivity index (χ2v) is 6.36. The maximum absolute atomic E-state index is 5.44. The van der Waals surface area contributed by atoms with Gasteiger partial charge in [0.25, 0.3) is 0 Å². The molecule has 0 amide bonds. The Morgan fingerprint density at radius 2 is 2.17 bits per heavy atom. The lowest BCUT2D eigenvalue weighted by molar-refractivity contribution is 0.122. The van der Waals surface area contributed by atoms with Crippen LogP contribution in [0.25, 0.3) is 0 Å². The minimum absolute atomic E-state index is 0.543. The number of pyridine rings is 1. The first-order chi connectivity index (χ1) is 11.9. The highest BCUT2D eigenvalue weighted by Gasteiger charge is 2.19. The molecule has 2 aliphatic rings. The van der Waals surface area contributed by atoms with Crippen LogP contribution in [0.3, 0.4) is 0 Å². The third kappa shape index (κ3) is 3.37. The summed E-state index contributed by atoms with van der Waals surface area (Å²) in [6, 6.07) is 6.20. The predicted molar refractivity (Wildman–Crippen MR) is 93.2 cm³/mol. The SMILES string of the molecule is c1cnc(N2CCOCC2)c(CNCC2CNc3ccnn3C2)c1. The standard InChI is InChI=1S/C17H24N6O/c1-2-15(17(19-4-1)22-6-8-24-9-7-22)12-18-10-14-11-20-16-3-5-21-23(16)13-14/h1-5,14,18,20H,6-13H2. The molecule has 0 aromatic carbocycles. The van der Waals surface area contributed by atoms with Crippen molar-refractivity contribution in [3.05, 3.63) is 36.2 Å². The van der Waals surface area contributed by atoms with E-state index in [9.17, 15) is 0 Å². The minimum Gasteiger partial charge on any atom is -0.378 e. The number of nitrogens with zero attached hydrogens (tertiary/aromatic N) is 4. The molecule has 0 aliphatic carbocycles. The van der Waals surface area contributed by atoms with E-state index in [-0.39, 0.29) is 0 Å². The Kier molecular flexibility index (Phi) is 4.62. The normalized spacial score (nSPS) is 20.5. The van der Waals surface area contributed by atoms with Crippen molar-refractivity contribution in [2.45, 2.75) is 13.1 Å². The lowest BCUT2D eigenvalue weighted by Gasteiger charge is -2.29. The smallest absolute Gasteiger partial charge is 0.133 e. The van der Waals surface area contributed by atoms with E-state index in [0.29, 0.717) is 5.92 Å². The predicted octanol–water partition coefficient (Wildman–Crippen LogP) is 0.946. The Morgan fingerprint density at radius 1 is 1.25 bits per heavy atom. The quantitative estimate of drug-likeness (QED) is 0.852. The molecule has 1 saturated heterocycles. The molecule has 4 heterocycles. The van der Waals surface area contributed by atoms with E-state index in [0.717, 1.165) is 64.1 Å². The number of hydrogen-bond donors (Lipinski definition) is 2. The van der Waals surface area contributed by atoms with E-state index in [1.54, 1.807) is 0 Å². The Balaban J connectivity index is 1.33. The largest absolute Gasteiger partial charge is 0.378 e. The first-order valence-corrected chi connectivity index (χ1v) is 8.63. The van der Waals surface area contributed by atoms with E-state index in [1.165, 1.54) is 5.56 Å². The topological polar surface area (TPSA) is 67.2 Å². The fraction of sp³-hybridized carbons (Fsp3) is 0.529. The molecular formula is C17H24N6O. The van der Waals surface area contributed by atoms with Crippen molar-refractivity contribution in [1.29, 1.82) is 0 Å². The van der Waals surface area contributed by atoms with Gasteiger partial charge in [-0.05, 0) is 6.07 Å². The number of nitrogens with one attached hydrogen (secondary N) is 2. The van der Waals surface area contributed by atoms with Crippen molar-refractivity contribution >= 4 is 11.6 Å². The molecule has 0 bridgehead atoms. The van der Waals surface area contributed by atoms with Crippen LogP contribution >= 0.6 is 0 Å². The third-order valence-corrected chi connectivity index (χ3v) is 4.65. The van der Waals surface area contributed by atoms with Crippen LogP contribution in [-0.2, 0) is 17.8 Å². The number of morpholine rings is 1. The van der Waals surface area contributed by atoms with Gasteiger partial charge in [-0.1, -0.05) is 6.07 Å². The first kappa shape index (κ1) is 15.4. The summed E-state index contributed by atoms with van der Waals surface area (Å²) in [5, 5.41) is 11.4. The maximum atomic E-state index is 5.44. The number of aromatic nitrogens is 3. The van der Waals surface area contributed by atoms with Crippen LogP contribution in [0.1, 0.15) is 5.56 Å². The van der Waals surface area contributed by atoms with Gasteiger partial charge in [-0.2, -0.15) is 5.10 Å². The van der Waals surface area contributed by atoms with E-state index in [4.69, 9.17) is 4.74 Å². The molecule has 128 valence electrons. The van der Waals surface area contributed by atoms with Crippen molar-refractivity contribution in [3.8, 4) is 0 Å². The summed E-state index contributed by atoms with van der Waals surface area (Å²) in [4.78, 5) is 6.91. The molecule has 2 N–H and O–H groups in total. The summed E-state index contributed by atoms with van der Waals surface area (Å²) in [5.74, 6) is 2.75. The van der Waals surface area contributed by atoms with Gasteiger partial charge in [0.2, 0.25) is 0 Å². The molecule has 24 heavy (non-hydrogen) atoms. The summed E-state index contributed by atoms with van der Waals surface area (Å²) in [6.45, 7) is 7.14. The average molecular weight is 328 g/mol. The fourth-order valence-electron chi connectivity index (χ4n) is 3.36. The minimum atomic E-state index is 0.543. The Hall–Kier alpha value is -2.12. The highest BCUT2D eigenvalue weighted by Crippen LogP contribution is 2.19. The Labute approximate surface area is 142 Å². The van der Waals surface area contributed by atoms with Crippen molar-refractivity contribution in [1.82, 2.24) is 20.1 Å². The summed E-state index contributed by atoms with van der Waals surface area (Å²) < 4.78 is 7.48. The van der Waals surface area contributed by atoms with E-state index < -0.39 is 0 Å². The van der Waals surface area contributed by atoms with Gasteiger partial charge in [0.05, 0.1) is 19.4 Å². The molecule has 2 aliphatic heterocycles. The van der Waals surface area contributed by atoms with Gasteiger partial charge >= 0.3 is 0 Å². The maximum Gasteiger partial charge on any atom is 0.133 e. The molecule has 2 aromatic heterocycles. The number of rotatable bonds is 5. The van der Waals surface area contributed by atoms with E-state index in [1.807, 2.05) is 29.2 Å². The lowest BCUT2D eigenvalue weighted by atomic mass is 10.1. The van der Waals surface area contributed by atoms with Gasteiger partial charge in [0.1, 0.15) is 11.6 Å². The van der Waals surface area contributed by atoms with Gasteiger partial charge in [-0.15, -0.1) is 0 Å². The Bertz CT molecular complexity index is 667. The zero-order valence-corrected chi connectivity index (χ0v) is 13.8. The highest BCUT2D eigenvalue weighted by atomic mass is 16.5. The fourth-order valence-corrected chi connectivity index (χ4v) is 3.36. The molecule has 0 saturated carbocycles. The van der Waals surface area contributed by atoms with Gasteiger partial charge < -0.3 is 20.3 Å². The van der Waals surface area contributed by atoms with Crippen LogP contribution in [0.15, 0.2) is 30.6 Å². The monoisotopic (exact) mass is 328 g/mol. The van der Waals surface area contributed by atoms with Crippen molar-refractivity contribution in [2.75, 3.05) is 49.6 Å². The molecule has 2 aromatic rings. The van der Waals surface area contributed by atoms with Crippen LogP contribution in [0.2, 0.25) is 0 Å². The van der Waals surface area contributed by atoms with Crippen molar-refractivity contribution < 1.29 is 4.74 Å². The number of ether oxygens (including phenoxy) is 1. The second kappa shape index (κ2) is 7.19. The highest BCUT2D eigenvalue weighted by molar-refractivity contribution is 5.47. The second-order valence-electron chi connectivity index (χ2n) is 6.36. The lowest BCUT2D eigenvalue weighted by Crippen LogP contribution is -2.38. The average Bonchev–Trinajstić information content (AvgIpc) is 3.11. The zero-order chi connectivity index (χ0) is 16.2. The molecule has 7 heteroatoms. The number of anilines is 2. The van der Waals surface area contributed by atoms with Crippen LogP contribution in [0.4, 0.5) is 11.6 Å². The molecule has 4 rings (SSSR count). The summed E-state index contributed by atoms with van der Waals surface area (Å²) in [6.07, 6.45) is 3.72. The van der Waals surface area contributed by atoms with Crippen LogP contribution in [-0.4, -0.2) is 54.2 Å². The van der Waals surface area contributed by atoms with Crippen LogP contribution in [0.5, 0.6) is 0 Å². The molecule has 1 atom stereocenters. The zero-order valence-electron chi connectivity index (χ0n) is 13.8. The summed E-state index contributed by atoms with van der Waals surface area (Å²) >= 11 is 0. The third-order valence-electron chi connectivity index (χ3n) is 4.65. The summed E-state index contributed by atoms with van der Waals surface area (Å²) in [7, 11) is 0. The van der Waals surface area contributed by atoms with Gasteiger partial charge in [0.15, 0.2) is 0 Å². The van der Waals surface area contributed by atoms with Gasteiger partial charge in [0, 0.05) is 63.0 Å². The molecule has 7 nitrogen and oxygen atoms in total. The first-order valence-electron chi connectivity index (χ1n) is 8.63. The molecule has 0 radical (unpaired) electrons. The van der Waals surface area contributed by atoms with Crippen molar-refractivity contribution in [2.24, 2.45) is 5.92 Å². The van der Waals surface area contributed by atoms with E-state index in [2.05, 4.69) is 31.7 Å². The number of fused-ring (bicyclic) bond motifs is 1. The van der Waals surface area contributed by atoms with E-state index >= 15 is 0 Å². The van der Waals surface area contributed by atoms with Crippen molar-refractivity contribution in [3.63, 3.8) is 0 Å². The van der Waals surface area contributed by atoms with Gasteiger partial charge in [-0.25, -0.2) is 9.67 Å². The molecule has 1 fully saturated rings.